The van der Waals surface area contributed by atoms with Crippen LogP contribution in [0, 0.1) is 0 Å². The number of alkyl halides is 1. The molecule has 366 valence electrons. The highest BCUT2D eigenvalue weighted by atomic mass is 79.9. The number of aromatic nitrogens is 3. The van der Waals surface area contributed by atoms with E-state index in [-0.39, 0.29) is 56.8 Å². The number of carbonyl (C=O) groups excluding carboxylic acids is 2. The lowest BCUT2D eigenvalue weighted by atomic mass is 9.99. The molecule has 0 radical (unpaired) electrons. The Balaban J connectivity index is 0.968. The molecule has 5 aromatic rings. The molecule has 8 N–H and O–H groups in total. The third kappa shape index (κ3) is 13.6. The number of halogens is 1. The maximum absolute atomic E-state index is 13.6. The Hall–Kier alpha value is -5.51. The van der Waals surface area contributed by atoms with Crippen LogP contribution in [0.25, 0.3) is 10.8 Å². The first-order chi connectivity index (χ1) is 32.5. The van der Waals surface area contributed by atoms with E-state index >= 15 is 0 Å². The van der Waals surface area contributed by atoms with Gasteiger partial charge in [-0.3, -0.25) is 14.1 Å². The highest BCUT2D eigenvalue weighted by Gasteiger charge is 2.49. The summed E-state index contributed by atoms with van der Waals surface area (Å²) in [6.45, 7) is 1.37. The van der Waals surface area contributed by atoms with E-state index in [1.165, 1.54) is 23.7 Å². The number of fused-ring (bicyclic) bond motifs is 1. The number of hydrogen-bond donors (Lipinski definition) is 8. The molecule has 0 aliphatic carbocycles. The fourth-order valence-corrected chi connectivity index (χ4v) is 7.91. The van der Waals surface area contributed by atoms with Gasteiger partial charge in [0.2, 0.25) is 5.91 Å². The molecule has 24 heteroatoms. The Morgan fingerprint density at radius 1 is 0.897 bits per heavy atom. The number of nitrogens with zero attached hydrogens (tertiary/aromatic N) is 6. The van der Waals surface area contributed by atoms with Crippen molar-refractivity contribution in [1.82, 2.24) is 25.6 Å². The second kappa shape index (κ2) is 23.7. The molecule has 1 saturated heterocycles. The van der Waals surface area contributed by atoms with Crippen molar-refractivity contribution >= 4 is 71.4 Å². The van der Waals surface area contributed by atoms with Crippen molar-refractivity contribution in [2.24, 2.45) is 10.2 Å². The van der Waals surface area contributed by atoms with Gasteiger partial charge in [0.15, 0.2) is 16.9 Å². The highest BCUT2D eigenvalue weighted by Crippen LogP contribution is 2.32. The molecule has 7 atom stereocenters. The summed E-state index contributed by atoms with van der Waals surface area (Å²) in [5.41, 5.74) is 3.82. The van der Waals surface area contributed by atoms with Crippen LogP contribution in [0.4, 0.5) is 22.7 Å². The van der Waals surface area contributed by atoms with Crippen LogP contribution in [-0.2, 0) is 46.9 Å². The Morgan fingerprint density at radius 2 is 1.57 bits per heavy atom. The second-order valence-corrected chi connectivity index (χ2v) is 18.9. The molecular weight excluding hydrogens is 975 g/mol. The van der Waals surface area contributed by atoms with Crippen molar-refractivity contribution < 1.29 is 61.9 Å². The Labute approximate surface area is 400 Å². The van der Waals surface area contributed by atoms with Crippen LogP contribution >= 0.6 is 15.9 Å². The lowest BCUT2D eigenvalue weighted by Crippen LogP contribution is -2.61. The fraction of sp³-hybridized carbons (Fsp3) is 0.409. The molecule has 0 saturated carbocycles. The van der Waals surface area contributed by atoms with E-state index in [1.807, 2.05) is 43.3 Å². The molecule has 4 aromatic carbocycles. The van der Waals surface area contributed by atoms with Crippen LogP contribution in [-0.4, -0.2) is 155 Å². The molecule has 1 aliphatic heterocycles. The number of hydrogen-bond acceptors (Lipinski definition) is 18. The molecule has 1 fully saturated rings. The Morgan fingerprint density at radius 3 is 2.25 bits per heavy atom. The number of carbonyl (C=O) groups is 2. The minimum absolute atomic E-state index is 0.00483. The maximum Gasteiger partial charge on any atom is 0.295 e. The van der Waals surface area contributed by atoms with Crippen LogP contribution in [0.15, 0.2) is 106 Å². The minimum atomic E-state index is -4.48. The van der Waals surface area contributed by atoms with Crippen molar-refractivity contribution in [2.75, 3.05) is 63.8 Å². The summed E-state index contributed by atoms with van der Waals surface area (Å²) >= 11 is 3.39. The zero-order valence-electron chi connectivity index (χ0n) is 37.3. The first-order valence-corrected chi connectivity index (χ1v) is 23.5. The molecule has 1 unspecified atom stereocenters. The normalized spacial score (nSPS) is 19.9. The van der Waals surface area contributed by atoms with Gasteiger partial charge in [-0.15, -0.1) is 5.10 Å². The quantitative estimate of drug-likeness (QED) is 0.0153. The number of amides is 2. The van der Waals surface area contributed by atoms with E-state index in [0.29, 0.717) is 39.1 Å². The summed E-state index contributed by atoms with van der Waals surface area (Å²) in [6.07, 6.45) is -7.99. The lowest BCUT2D eigenvalue weighted by molar-refractivity contribution is -0.339. The summed E-state index contributed by atoms with van der Waals surface area (Å²) in [5, 5.41) is 67.3. The SMILES string of the molecule is CN(C)c1ccc(/N=N/c2ccc(C(=O)NCc3cn(CCOCCO[C@H](O[C@@H]4O[C@H](CO)[C@H](O)[C@H](O)[C@H]4O)C(C)(Br)C(=O)NCCNc4cccc5c(S(=O)(=O)O)cccc45)nn3)cc2)cc1. The number of azo groups is 1. The average Bonchev–Trinajstić information content (AvgIpc) is 3.79. The van der Waals surface area contributed by atoms with Gasteiger partial charge in [-0.1, -0.05) is 45.4 Å². The zero-order valence-corrected chi connectivity index (χ0v) is 39.7. The van der Waals surface area contributed by atoms with E-state index in [2.05, 4.69) is 52.4 Å². The smallest absolute Gasteiger partial charge is 0.295 e. The van der Waals surface area contributed by atoms with Crippen molar-refractivity contribution in [1.29, 1.82) is 0 Å². The molecule has 2 amide bonds. The van der Waals surface area contributed by atoms with E-state index in [1.54, 1.807) is 54.7 Å². The highest BCUT2D eigenvalue weighted by molar-refractivity contribution is 9.10. The van der Waals surface area contributed by atoms with Crippen LogP contribution in [0.2, 0.25) is 0 Å². The number of ether oxygens (including phenoxy) is 4. The molecule has 1 aromatic heterocycles. The van der Waals surface area contributed by atoms with Gasteiger partial charge in [-0.05, 0) is 67.6 Å². The zero-order chi connectivity index (χ0) is 49.0. The molecule has 6 rings (SSSR count). The van der Waals surface area contributed by atoms with Gasteiger partial charge >= 0.3 is 0 Å². The largest absolute Gasteiger partial charge is 0.394 e. The second-order valence-electron chi connectivity index (χ2n) is 15.9. The number of anilines is 2. The van der Waals surface area contributed by atoms with Gasteiger partial charge in [0, 0.05) is 54.9 Å². The van der Waals surface area contributed by atoms with Crippen LogP contribution in [0.1, 0.15) is 23.0 Å². The first-order valence-electron chi connectivity index (χ1n) is 21.3. The van der Waals surface area contributed by atoms with Gasteiger partial charge in [-0.2, -0.15) is 18.6 Å². The van der Waals surface area contributed by atoms with Crippen molar-refractivity contribution in [3.05, 3.63) is 102 Å². The molecule has 68 heavy (non-hydrogen) atoms. The molecule has 0 spiro atoms. The predicted molar refractivity (Wildman–Crippen MR) is 251 cm³/mol. The number of aliphatic hydroxyl groups excluding tert-OH is 4. The fourth-order valence-electron chi connectivity index (χ4n) is 6.83. The number of benzene rings is 4. The third-order valence-corrected chi connectivity index (χ3v) is 12.3. The summed E-state index contributed by atoms with van der Waals surface area (Å²) in [6, 6.07) is 23.7. The number of rotatable bonds is 23. The maximum atomic E-state index is 13.6. The van der Waals surface area contributed by atoms with E-state index in [0.717, 1.165) is 5.69 Å². The summed E-state index contributed by atoms with van der Waals surface area (Å²) in [4.78, 5) is 28.2. The predicted octanol–water partition coefficient (Wildman–Crippen LogP) is 2.65. The number of nitrogens with one attached hydrogen (secondary N) is 3. The molecule has 1 aliphatic rings. The summed E-state index contributed by atoms with van der Waals surface area (Å²) < 4.78 is 56.5. The van der Waals surface area contributed by atoms with Crippen LogP contribution in [0.3, 0.4) is 0 Å². The summed E-state index contributed by atoms with van der Waals surface area (Å²) in [7, 11) is -0.567. The van der Waals surface area contributed by atoms with Gasteiger partial charge in [0.25, 0.3) is 16.0 Å². The lowest BCUT2D eigenvalue weighted by Gasteiger charge is -2.42. The van der Waals surface area contributed by atoms with Gasteiger partial charge in [0.05, 0.1) is 57.1 Å². The van der Waals surface area contributed by atoms with Crippen molar-refractivity contribution in [3.8, 4) is 0 Å². The molecular formula is C44H54BrN9O13S. The first kappa shape index (κ1) is 51.9. The van der Waals surface area contributed by atoms with Crippen molar-refractivity contribution in [2.45, 2.75) is 66.2 Å². The molecule has 2 heterocycles. The monoisotopic (exact) mass is 1030 g/mol. The van der Waals surface area contributed by atoms with Gasteiger partial charge in [-0.25, -0.2) is 4.68 Å². The van der Waals surface area contributed by atoms with E-state index in [4.69, 9.17) is 18.9 Å². The van der Waals surface area contributed by atoms with Gasteiger partial charge < -0.3 is 60.2 Å². The molecule has 22 nitrogen and oxygen atoms in total. The Kier molecular flexibility index (Phi) is 18.1. The topological polar surface area (TPSA) is 301 Å². The third-order valence-electron chi connectivity index (χ3n) is 10.6. The summed E-state index contributed by atoms with van der Waals surface area (Å²) in [5.74, 6) is -0.940. The van der Waals surface area contributed by atoms with Gasteiger partial charge in [0.1, 0.15) is 35.0 Å². The van der Waals surface area contributed by atoms with E-state index in [9.17, 15) is 43.0 Å². The standard InChI is InChI=1S/C44H54BrN9O13S/c1-44(45,42(60)47-19-18-46-34-8-4-7-33-32(34)6-5-9-36(33)68(61,62)63)43(67-41-39(58)38(57)37(56)35(26-55)66-41)65-23-22-64-21-20-54-25-30(51-52-54)24-48-40(59)27-10-12-28(13-11-27)49-50-29-14-16-31(17-15-29)53(2)3/h4-17,25,35,37-39,41,43,46,55-58H,18-24,26H2,1-3H3,(H,47,60)(H,48,59)(H,61,62,63)/b50-49+/t35-,37+,38+,39-,41+,43-,44?/m1/s1. The van der Waals surface area contributed by atoms with Crippen LogP contribution in [0.5, 0.6) is 0 Å². The number of aliphatic hydroxyl groups is 4. The Bertz CT molecular complexity index is 2600. The minimum Gasteiger partial charge on any atom is -0.394 e. The van der Waals surface area contributed by atoms with Crippen molar-refractivity contribution in [3.63, 3.8) is 0 Å². The molecule has 0 bridgehead atoms. The van der Waals surface area contributed by atoms with E-state index < -0.39 is 64.0 Å². The van der Waals surface area contributed by atoms with Crippen LogP contribution < -0.4 is 20.9 Å². The average molecular weight is 1030 g/mol.